The highest BCUT2D eigenvalue weighted by molar-refractivity contribution is 6.11. The normalized spacial score (nSPS) is 20.9. The van der Waals surface area contributed by atoms with Crippen molar-refractivity contribution in [1.29, 1.82) is 0 Å². The molecule has 2 aliphatic rings. The lowest BCUT2D eigenvalue weighted by atomic mass is 10.4. The zero-order chi connectivity index (χ0) is 9.54. The summed E-state index contributed by atoms with van der Waals surface area (Å²) in [5, 5.41) is 3.74. The summed E-state index contributed by atoms with van der Waals surface area (Å²) < 4.78 is 5.03. The van der Waals surface area contributed by atoms with E-state index in [1.165, 1.54) is 11.2 Å². The molecule has 0 N–H and O–H groups in total. The average Bonchev–Trinajstić information content (AvgIpc) is 2.75. The van der Waals surface area contributed by atoms with Gasteiger partial charge in [-0.05, 0) is 18.0 Å². The molecule has 1 aromatic heterocycles. The Bertz CT molecular complexity index is 407. The van der Waals surface area contributed by atoms with E-state index in [4.69, 9.17) is 4.52 Å². The Hall–Kier alpha value is -1.72. The molecule has 6 heteroatoms. The molecule has 72 valence electrons. The molecular weight excluding hydrogens is 184 g/mol. The number of carbonyl (C=O) groups is 1. The number of aromatic nitrogens is 2. The van der Waals surface area contributed by atoms with Crippen LogP contribution in [0.4, 0.5) is 5.95 Å². The maximum absolute atomic E-state index is 11.2. The van der Waals surface area contributed by atoms with Gasteiger partial charge in [0.2, 0.25) is 5.89 Å². The number of hydrogen-bond donors (Lipinski definition) is 0. The average molecular weight is 192 g/mol. The van der Waals surface area contributed by atoms with Crippen molar-refractivity contribution in [1.82, 2.24) is 10.1 Å². The smallest absolute Gasteiger partial charge is 0.278 e. The molecule has 1 saturated carbocycles. The van der Waals surface area contributed by atoms with E-state index in [0.717, 1.165) is 12.8 Å². The zero-order valence-corrected chi connectivity index (χ0v) is 7.38. The minimum atomic E-state index is -0.117. The predicted octanol–water partition coefficient (Wildman–Crippen LogP) is 0.322. The number of aliphatic imine (C=N–C) groups is 1. The van der Waals surface area contributed by atoms with Crippen molar-refractivity contribution in [2.75, 3.05) is 11.4 Å². The number of hydrogen-bond acceptors (Lipinski definition) is 5. The Balaban J connectivity index is 1.88. The lowest BCUT2D eigenvalue weighted by molar-refractivity contribution is -0.115. The minimum Gasteiger partial charge on any atom is -0.337 e. The summed E-state index contributed by atoms with van der Waals surface area (Å²) in [6.07, 6.45) is 3.64. The van der Waals surface area contributed by atoms with E-state index in [2.05, 4.69) is 15.1 Å². The first kappa shape index (κ1) is 7.66. The molecule has 1 aliphatic carbocycles. The van der Waals surface area contributed by atoms with Crippen LogP contribution in [0.1, 0.15) is 24.7 Å². The highest BCUT2D eigenvalue weighted by Crippen LogP contribution is 2.39. The van der Waals surface area contributed by atoms with Gasteiger partial charge in [-0.15, -0.1) is 0 Å². The molecule has 1 fully saturated rings. The van der Waals surface area contributed by atoms with Crippen molar-refractivity contribution in [3.05, 3.63) is 5.89 Å². The molecule has 0 atom stereocenters. The molecule has 0 aromatic carbocycles. The number of nitrogens with zero attached hydrogens (tertiary/aromatic N) is 4. The minimum absolute atomic E-state index is 0.117. The van der Waals surface area contributed by atoms with Crippen LogP contribution in [0.15, 0.2) is 9.52 Å². The Kier molecular flexibility index (Phi) is 1.44. The number of carbonyl (C=O) groups excluding carboxylic acids is 1. The Morgan fingerprint density at radius 3 is 3.00 bits per heavy atom. The van der Waals surface area contributed by atoms with Crippen LogP contribution in [0.2, 0.25) is 0 Å². The van der Waals surface area contributed by atoms with Crippen molar-refractivity contribution >= 4 is 18.2 Å². The first-order valence-corrected chi connectivity index (χ1v) is 4.50. The van der Waals surface area contributed by atoms with Crippen LogP contribution in [0.3, 0.4) is 0 Å². The molecule has 0 unspecified atom stereocenters. The monoisotopic (exact) mass is 192 g/mol. The van der Waals surface area contributed by atoms with Gasteiger partial charge in [0.1, 0.15) is 12.9 Å². The van der Waals surface area contributed by atoms with Gasteiger partial charge in [0.05, 0.1) is 0 Å². The van der Waals surface area contributed by atoms with Crippen LogP contribution in [-0.4, -0.2) is 28.9 Å². The molecule has 0 saturated heterocycles. The lowest BCUT2D eigenvalue weighted by Gasteiger charge is -2.03. The van der Waals surface area contributed by atoms with E-state index < -0.39 is 0 Å². The summed E-state index contributed by atoms with van der Waals surface area (Å²) in [6, 6.07) is 0. The summed E-state index contributed by atoms with van der Waals surface area (Å²) >= 11 is 0. The van der Waals surface area contributed by atoms with Crippen LogP contribution >= 0.6 is 0 Å². The maximum atomic E-state index is 11.2. The van der Waals surface area contributed by atoms with Gasteiger partial charge in [-0.1, -0.05) is 0 Å². The molecule has 2 heterocycles. The van der Waals surface area contributed by atoms with Crippen molar-refractivity contribution < 1.29 is 9.32 Å². The number of amides is 1. The van der Waals surface area contributed by atoms with Crippen molar-refractivity contribution in [3.8, 4) is 0 Å². The van der Waals surface area contributed by atoms with Crippen LogP contribution in [0, 0.1) is 0 Å². The van der Waals surface area contributed by atoms with E-state index in [1.807, 2.05) is 0 Å². The third kappa shape index (κ3) is 1.11. The summed E-state index contributed by atoms with van der Waals surface area (Å²) in [5.74, 6) is 1.23. The van der Waals surface area contributed by atoms with E-state index in [0.29, 0.717) is 17.8 Å². The number of anilines is 1. The Morgan fingerprint density at radius 2 is 2.36 bits per heavy atom. The van der Waals surface area contributed by atoms with Crippen molar-refractivity contribution in [3.63, 3.8) is 0 Å². The molecule has 0 spiro atoms. The van der Waals surface area contributed by atoms with Crippen molar-refractivity contribution in [2.24, 2.45) is 4.99 Å². The lowest BCUT2D eigenvalue weighted by Crippen LogP contribution is -2.26. The van der Waals surface area contributed by atoms with Gasteiger partial charge in [-0.2, -0.15) is 4.98 Å². The van der Waals surface area contributed by atoms with E-state index in [-0.39, 0.29) is 12.5 Å². The second-order valence-corrected chi connectivity index (χ2v) is 3.43. The molecule has 1 aliphatic heterocycles. The van der Waals surface area contributed by atoms with Crippen LogP contribution in [0.25, 0.3) is 0 Å². The zero-order valence-electron chi connectivity index (χ0n) is 7.38. The molecular formula is C8H8N4O2. The van der Waals surface area contributed by atoms with Crippen molar-refractivity contribution in [2.45, 2.75) is 18.8 Å². The molecule has 6 nitrogen and oxygen atoms in total. The van der Waals surface area contributed by atoms with Gasteiger partial charge >= 0.3 is 0 Å². The van der Waals surface area contributed by atoms with Gasteiger partial charge < -0.3 is 4.52 Å². The fraction of sp³-hybridized carbons (Fsp3) is 0.500. The summed E-state index contributed by atoms with van der Waals surface area (Å²) in [5.41, 5.74) is 0. The third-order valence-corrected chi connectivity index (χ3v) is 2.27. The van der Waals surface area contributed by atoms with E-state index in [9.17, 15) is 4.79 Å². The second kappa shape index (κ2) is 2.63. The summed E-state index contributed by atoms with van der Waals surface area (Å²) in [7, 11) is 0. The molecule has 14 heavy (non-hydrogen) atoms. The highest BCUT2D eigenvalue weighted by atomic mass is 16.5. The highest BCUT2D eigenvalue weighted by Gasteiger charge is 2.31. The Morgan fingerprint density at radius 1 is 1.50 bits per heavy atom. The second-order valence-electron chi connectivity index (χ2n) is 3.43. The fourth-order valence-electron chi connectivity index (χ4n) is 1.33. The topological polar surface area (TPSA) is 71.6 Å². The number of rotatable bonds is 2. The van der Waals surface area contributed by atoms with Gasteiger partial charge in [0.25, 0.3) is 11.9 Å². The fourth-order valence-corrected chi connectivity index (χ4v) is 1.33. The first-order valence-electron chi connectivity index (χ1n) is 4.50. The molecule has 0 radical (unpaired) electrons. The molecule has 1 aromatic rings. The SMILES string of the molecule is O=C1CN=CN1c1noc(C2CC2)n1. The van der Waals surface area contributed by atoms with Gasteiger partial charge in [-0.25, -0.2) is 4.90 Å². The largest absolute Gasteiger partial charge is 0.337 e. The maximum Gasteiger partial charge on any atom is 0.278 e. The standard InChI is InChI=1S/C8H8N4O2/c13-6-3-9-4-12(6)8-10-7(14-11-8)5-1-2-5/h4-5H,1-3H2. The van der Waals surface area contributed by atoms with Gasteiger partial charge in [-0.3, -0.25) is 9.79 Å². The first-order chi connectivity index (χ1) is 6.84. The summed E-state index contributed by atoms with van der Waals surface area (Å²) in [6.45, 7) is 0.174. The van der Waals surface area contributed by atoms with Crippen LogP contribution < -0.4 is 4.90 Å². The van der Waals surface area contributed by atoms with E-state index in [1.54, 1.807) is 0 Å². The molecule has 0 bridgehead atoms. The Labute approximate surface area is 79.6 Å². The predicted molar refractivity (Wildman–Crippen MR) is 47.1 cm³/mol. The molecule has 3 rings (SSSR count). The van der Waals surface area contributed by atoms with Gasteiger partial charge in [0, 0.05) is 5.92 Å². The van der Waals surface area contributed by atoms with Crippen LogP contribution in [-0.2, 0) is 4.79 Å². The third-order valence-electron chi connectivity index (χ3n) is 2.27. The van der Waals surface area contributed by atoms with E-state index >= 15 is 0 Å². The summed E-state index contributed by atoms with van der Waals surface area (Å²) in [4.78, 5) is 20.5. The molecule has 1 amide bonds. The quantitative estimate of drug-likeness (QED) is 0.676. The van der Waals surface area contributed by atoms with Gasteiger partial charge in [0.15, 0.2) is 0 Å². The van der Waals surface area contributed by atoms with Crippen LogP contribution in [0.5, 0.6) is 0 Å².